The molecule has 0 rings (SSSR count). The van der Waals surface area contributed by atoms with E-state index in [2.05, 4.69) is 0 Å². The van der Waals surface area contributed by atoms with Crippen molar-refractivity contribution in [3.05, 3.63) is 0 Å². The van der Waals surface area contributed by atoms with E-state index in [0.29, 0.717) is 25.7 Å². The lowest BCUT2D eigenvalue weighted by atomic mass is 10.2. The summed E-state index contributed by atoms with van der Waals surface area (Å²) in [6.07, 6.45) is 9.91. The summed E-state index contributed by atoms with van der Waals surface area (Å²) in [5.41, 5.74) is 20.8. The summed E-state index contributed by atoms with van der Waals surface area (Å²) in [6, 6.07) is -2.73. The number of hydrogen-bond acceptors (Lipinski definition) is 12. The lowest BCUT2D eigenvalue weighted by molar-refractivity contribution is -0.139. The number of aliphatic carboxylic acids is 4. The third-order valence-corrected chi connectivity index (χ3v) is 6.38. The van der Waals surface area contributed by atoms with Crippen LogP contribution >= 0.6 is 47.0 Å². The summed E-state index contributed by atoms with van der Waals surface area (Å²) < 4.78 is 0. The Morgan fingerprint density at radius 3 is 0.694 bits per heavy atom. The number of hydrogen-bond donors (Lipinski definition) is 8. The van der Waals surface area contributed by atoms with Gasteiger partial charge in [0.15, 0.2) is 0 Å². The van der Waals surface area contributed by atoms with Crippen LogP contribution in [0.25, 0.3) is 0 Å². The minimum Gasteiger partial charge on any atom is -0.480 e. The van der Waals surface area contributed by atoms with E-state index >= 15 is 0 Å². The van der Waals surface area contributed by atoms with E-state index in [9.17, 15) is 19.2 Å². The average Bonchev–Trinajstić information content (AvgIpc) is 2.83. The molecule has 216 valence electrons. The van der Waals surface area contributed by atoms with Crippen molar-refractivity contribution in [2.24, 2.45) is 22.9 Å². The molecule has 12 N–H and O–H groups in total. The van der Waals surface area contributed by atoms with Gasteiger partial charge in [-0.3, -0.25) is 19.2 Å². The van der Waals surface area contributed by atoms with E-state index in [1.165, 1.54) is 0 Å². The van der Waals surface area contributed by atoms with Crippen molar-refractivity contribution in [3.63, 3.8) is 0 Å². The van der Waals surface area contributed by atoms with Crippen molar-refractivity contribution >= 4 is 70.9 Å². The highest BCUT2D eigenvalue weighted by Gasteiger charge is 2.10. The van der Waals surface area contributed by atoms with Gasteiger partial charge in [-0.25, -0.2) is 0 Å². The molecule has 0 aromatic rings. The largest absolute Gasteiger partial charge is 0.480 e. The molecule has 36 heavy (non-hydrogen) atoms. The molecule has 16 heteroatoms. The summed E-state index contributed by atoms with van der Waals surface area (Å²) in [5, 5.41) is 33.1. The van der Waals surface area contributed by atoms with Gasteiger partial charge in [-0.05, 0) is 73.7 Å². The van der Waals surface area contributed by atoms with Gasteiger partial charge in [0.05, 0.1) is 0 Å². The van der Waals surface area contributed by atoms with Gasteiger partial charge >= 0.3 is 23.9 Å². The van der Waals surface area contributed by atoms with E-state index < -0.39 is 48.0 Å². The van der Waals surface area contributed by atoms with Gasteiger partial charge in [0.25, 0.3) is 0 Å². The van der Waals surface area contributed by atoms with Crippen molar-refractivity contribution in [2.75, 3.05) is 48.0 Å². The van der Waals surface area contributed by atoms with Gasteiger partial charge in [-0.15, -0.1) is 0 Å². The fraction of sp³-hybridized carbons (Fsp3) is 0.800. The monoisotopic (exact) mass is 596 g/mol. The third kappa shape index (κ3) is 35.3. The molecular formula is C20H44N4O8S4. The topological polar surface area (TPSA) is 253 Å². The van der Waals surface area contributed by atoms with E-state index in [-0.39, 0.29) is 0 Å². The standard InChI is InChI=1S/4C5H11NO2S/c4*1-9-3-2-4(6)5(7)8/h4*4H,2-3,6H2,1H3,(H,7,8)/t4*4-/m0000/s1. The zero-order valence-electron chi connectivity index (χ0n) is 21.3. The number of rotatable bonds is 16. The van der Waals surface area contributed by atoms with Crippen LogP contribution in [-0.2, 0) is 19.2 Å². The first-order chi connectivity index (χ1) is 16.7. The first kappa shape index (κ1) is 42.2. The van der Waals surface area contributed by atoms with Gasteiger partial charge in [0.1, 0.15) is 24.2 Å². The maximum absolute atomic E-state index is 10.1. The van der Waals surface area contributed by atoms with Gasteiger partial charge in [-0.1, -0.05) is 0 Å². The smallest absolute Gasteiger partial charge is 0.320 e. The number of nitrogens with two attached hydrogens (primary N) is 4. The molecule has 0 saturated heterocycles. The molecule has 0 aliphatic carbocycles. The van der Waals surface area contributed by atoms with E-state index in [1.807, 2.05) is 25.0 Å². The van der Waals surface area contributed by atoms with Crippen LogP contribution in [0.15, 0.2) is 0 Å². The average molecular weight is 597 g/mol. The summed E-state index contributed by atoms with van der Waals surface area (Å²) in [5.74, 6) is -0.400. The second-order valence-electron chi connectivity index (χ2n) is 6.90. The van der Waals surface area contributed by atoms with Crippen molar-refractivity contribution in [2.45, 2.75) is 49.9 Å². The van der Waals surface area contributed by atoms with Crippen molar-refractivity contribution < 1.29 is 39.6 Å². The maximum Gasteiger partial charge on any atom is 0.320 e. The van der Waals surface area contributed by atoms with Gasteiger partial charge in [0.2, 0.25) is 0 Å². The van der Waals surface area contributed by atoms with Crippen LogP contribution < -0.4 is 22.9 Å². The molecule has 12 nitrogen and oxygen atoms in total. The molecule has 0 heterocycles. The molecule has 0 bridgehead atoms. The van der Waals surface area contributed by atoms with Crippen molar-refractivity contribution in [1.29, 1.82) is 0 Å². The second-order valence-corrected chi connectivity index (χ2v) is 10.8. The number of carbonyl (C=O) groups is 4. The van der Waals surface area contributed by atoms with E-state index in [4.69, 9.17) is 43.4 Å². The number of carboxylic acids is 4. The highest BCUT2D eigenvalue weighted by molar-refractivity contribution is 7.99. The van der Waals surface area contributed by atoms with Crippen LogP contribution in [0, 0.1) is 0 Å². The molecule has 0 aromatic carbocycles. The zero-order chi connectivity index (χ0) is 29.1. The number of thioether (sulfide) groups is 4. The first-order valence-corrected chi connectivity index (χ1v) is 16.2. The fourth-order valence-corrected chi connectivity index (χ4v) is 3.43. The highest BCUT2D eigenvalue weighted by Crippen LogP contribution is 1.99. The highest BCUT2D eigenvalue weighted by atomic mass is 32.2. The first-order valence-electron chi connectivity index (χ1n) is 10.6. The molecule has 0 radical (unpaired) electrons. The lowest BCUT2D eigenvalue weighted by Gasteiger charge is -2.02. The van der Waals surface area contributed by atoms with Crippen molar-refractivity contribution in [1.82, 2.24) is 0 Å². The molecular weight excluding hydrogens is 553 g/mol. The van der Waals surface area contributed by atoms with Crippen LogP contribution in [0.5, 0.6) is 0 Å². The zero-order valence-corrected chi connectivity index (χ0v) is 24.6. The Morgan fingerprint density at radius 2 is 0.611 bits per heavy atom. The van der Waals surface area contributed by atoms with Crippen LogP contribution in [0.3, 0.4) is 0 Å². The van der Waals surface area contributed by atoms with Gasteiger partial charge in [-0.2, -0.15) is 47.0 Å². The molecule has 0 unspecified atom stereocenters. The Balaban J connectivity index is -0.000000190. The predicted molar refractivity (Wildman–Crippen MR) is 154 cm³/mol. The van der Waals surface area contributed by atoms with Crippen LogP contribution in [0.1, 0.15) is 25.7 Å². The minimum atomic E-state index is -0.913. The number of carboxylic acid groups (broad SMARTS) is 4. The summed E-state index contributed by atoms with van der Waals surface area (Å²) >= 11 is 6.42. The summed E-state index contributed by atoms with van der Waals surface area (Å²) in [6.45, 7) is 0. The molecule has 4 atom stereocenters. The predicted octanol–water partition coefficient (Wildman–Crippen LogP) is 0.606. The van der Waals surface area contributed by atoms with Crippen LogP contribution in [-0.4, -0.2) is 117 Å². The van der Waals surface area contributed by atoms with Crippen LogP contribution in [0.2, 0.25) is 0 Å². The second kappa shape index (κ2) is 30.3. The Labute approximate surface area is 230 Å². The quantitative estimate of drug-likeness (QED) is 0.121. The van der Waals surface area contributed by atoms with Gasteiger partial charge in [0, 0.05) is 0 Å². The van der Waals surface area contributed by atoms with E-state index in [1.54, 1.807) is 47.0 Å². The fourth-order valence-electron chi connectivity index (χ4n) is 1.47. The molecule has 0 fully saturated rings. The Bertz CT molecular complexity index is 484. The summed E-state index contributed by atoms with van der Waals surface area (Å²) in [4.78, 5) is 40.3. The molecule has 0 aliphatic rings. The third-order valence-electron chi connectivity index (χ3n) is 3.80. The summed E-state index contributed by atoms with van der Waals surface area (Å²) in [7, 11) is 0. The Kier molecular flexibility index (Phi) is 35.6. The Hall–Kier alpha value is -0.880. The minimum absolute atomic E-state index is 0.552. The molecule has 0 spiro atoms. The molecule has 0 saturated carbocycles. The van der Waals surface area contributed by atoms with E-state index in [0.717, 1.165) is 23.0 Å². The van der Waals surface area contributed by atoms with Crippen LogP contribution in [0.4, 0.5) is 0 Å². The maximum atomic E-state index is 10.1. The molecule has 0 amide bonds. The SMILES string of the molecule is CSCC[C@H](N)C(=O)O.CSCC[C@H](N)C(=O)O.CSCC[C@H](N)C(=O)O.CSCC[C@H](N)C(=O)O. The van der Waals surface area contributed by atoms with Crippen molar-refractivity contribution in [3.8, 4) is 0 Å². The molecule has 0 aliphatic heterocycles. The van der Waals surface area contributed by atoms with Gasteiger partial charge < -0.3 is 43.4 Å². The Morgan fingerprint density at radius 1 is 0.472 bits per heavy atom. The normalized spacial score (nSPS) is 13.1. The molecule has 0 aromatic heterocycles. The lowest BCUT2D eigenvalue weighted by Crippen LogP contribution is -2.30.